The van der Waals surface area contributed by atoms with Gasteiger partial charge < -0.3 is 19.8 Å². The highest BCUT2D eigenvalue weighted by Crippen LogP contribution is 2.23. The highest BCUT2D eigenvalue weighted by atomic mass is 16.5. The van der Waals surface area contributed by atoms with Gasteiger partial charge in [0.25, 0.3) is 0 Å². The number of carbonyl (C=O) groups is 1. The number of hydrogen-bond acceptors (Lipinski definition) is 4. The quantitative estimate of drug-likeness (QED) is 0.666. The summed E-state index contributed by atoms with van der Waals surface area (Å²) >= 11 is 0. The summed E-state index contributed by atoms with van der Waals surface area (Å²) in [5.41, 5.74) is 4.42. The molecular weight excluding hydrogens is 304 g/mol. The Labute approximate surface area is 140 Å². The zero-order valence-electron chi connectivity index (χ0n) is 13.8. The van der Waals surface area contributed by atoms with Gasteiger partial charge in [0.05, 0.1) is 13.2 Å². The maximum atomic E-state index is 11.8. The Kier molecular flexibility index (Phi) is 4.82. The molecule has 0 amide bonds. The van der Waals surface area contributed by atoms with E-state index < -0.39 is 0 Å². The number of esters is 1. The van der Waals surface area contributed by atoms with Crippen LogP contribution in [0.2, 0.25) is 0 Å². The highest BCUT2D eigenvalue weighted by Gasteiger charge is 2.10. The Hall–Kier alpha value is -2.79. The van der Waals surface area contributed by atoms with Crippen molar-refractivity contribution in [2.24, 2.45) is 0 Å². The smallest absolute Gasteiger partial charge is 0.354 e. The van der Waals surface area contributed by atoms with Gasteiger partial charge in [0, 0.05) is 29.4 Å². The molecular formula is C19H20N2O3. The molecule has 0 bridgehead atoms. The van der Waals surface area contributed by atoms with Gasteiger partial charge in [-0.2, -0.15) is 0 Å². The third-order valence-corrected chi connectivity index (χ3v) is 3.67. The predicted molar refractivity (Wildman–Crippen MR) is 94.7 cm³/mol. The summed E-state index contributed by atoms with van der Waals surface area (Å²) in [7, 11) is 1.68. The van der Waals surface area contributed by atoms with E-state index >= 15 is 0 Å². The normalized spacial score (nSPS) is 10.8. The van der Waals surface area contributed by atoms with E-state index in [1.807, 2.05) is 42.5 Å². The van der Waals surface area contributed by atoms with E-state index in [-0.39, 0.29) is 5.97 Å². The lowest BCUT2D eigenvalue weighted by Crippen LogP contribution is -2.04. The number of nitrogens with one attached hydrogen (secondary N) is 2. The molecule has 2 aromatic carbocycles. The number of aromatic amines is 1. The average molecular weight is 324 g/mol. The number of benzene rings is 2. The van der Waals surface area contributed by atoms with Crippen LogP contribution in [-0.4, -0.2) is 24.7 Å². The summed E-state index contributed by atoms with van der Waals surface area (Å²) in [6.45, 7) is 2.76. The molecule has 0 atom stereocenters. The van der Waals surface area contributed by atoms with Crippen LogP contribution < -0.4 is 5.32 Å². The van der Waals surface area contributed by atoms with Gasteiger partial charge in [0.15, 0.2) is 0 Å². The molecule has 24 heavy (non-hydrogen) atoms. The lowest BCUT2D eigenvalue weighted by atomic mass is 10.2. The monoisotopic (exact) mass is 324 g/mol. The van der Waals surface area contributed by atoms with E-state index in [9.17, 15) is 4.79 Å². The number of rotatable bonds is 6. The molecule has 0 saturated carbocycles. The number of hydrogen-bond donors (Lipinski definition) is 2. The molecule has 0 aliphatic rings. The maximum absolute atomic E-state index is 11.8. The number of aromatic nitrogens is 1. The molecule has 0 aliphatic heterocycles. The fraction of sp³-hybridized carbons (Fsp3) is 0.211. The third-order valence-electron chi connectivity index (χ3n) is 3.67. The number of fused-ring (bicyclic) bond motifs is 1. The molecule has 1 aromatic heterocycles. The molecule has 3 rings (SSSR count). The van der Waals surface area contributed by atoms with Crippen molar-refractivity contribution in [3.05, 3.63) is 59.8 Å². The zero-order valence-corrected chi connectivity index (χ0v) is 13.8. The van der Waals surface area contributed by atoms with Crippen LogP contribution >= 0.6 is 0 Å². The number of methoxy groups -OCH3 is 1. The first-order valence-corrected chi connectivity index (χ1v) is 7.84. The molecule has 5 nitrogen and oxygen atoms in total. The van der Waals surface area contributed by atoms with Crippen molar-refractivity contribution in [1.82, 2.24) is 4.98 Å². The number of ether oxygens (including phenoxy) is 2. The van der Waals surface area contributed by atoms with Crippen molar-refractivity contribution in [2.75, 3.05) is 19.0 Å². The Morgan fingerprint density at radius 2 is 1.83 bits per heavy atom. The second kappa shape index (κ2) is 7.19. The first kappa shape index (κ1) is 16.1. The summed E-state index contributed by atoms with van der Waals surface area (Å²) in [6.07, 6.45) is 0. The van der Waals surface area contributed by atoms with Gasteiger partial charge in [-0.3, -0.25) is 0 Å². The minimum atomic E-state index is -0.336. The molecule has 5 heteroatoms. The van der Waals surface area contributed by atoms with Gasteiger partial charge in [-0.1, -0.05) is 18.2 Å². The van der Waals surface area contributed by atoms with Gasteiger partial charge >= 0.3 is 5.97 Å². The molecule has 0 aliphatic carbocycles. The summed E-state index contributed by atoms with van der Waals surface area (Å²) in [5, 5.41) is 4.32. The van der Waals surface area contributed by atoms with Crippen molar-refractivity contribution >= 4 is 28.2 Å². The van der Waals surface area contributed by atoms with Crippen molar-refractivity contribution in [3.63, 3.8) is 0 Å². The van der Waals surface area contributed by atoms with Crippen molar-refractivity contribution < 1.29 is 14.3 Å². The Morgan fingerprint density at radius 3 is 2.54 bits per heavy atom. The lowest BCUT2D eigenvalue weighted by molar-refractivity contribution is 0.0520. The minimum Gasteiger partial charge on any atom is -0.461 e. The molecule has 0 unspecified atom stereocenters. The SMILES string of the molecule is CCOC(=O)c1cc2ccc(Nc3ccc(COC)cc3)cc2[nH]1. The van der Waals surface area contributed by atoms with Gasteiger partial charge in [-0.15, -0.1) is 0 Å². The van der Waals surface area contributed by atoms with Crippen LogP contribution in [0, 0.1) is 0 Å². The lowest BCUT2D eigenvalue weighted by Gasteiger charge is -2.07. The fourth-order valence-corrected chi connectivity index (χ4v) is 2.54. The Balaban J connectivity index is 1.78. The van der Waals surface area contributed by atoms with E-state index in [4.69, 9.17) is 9.47 Å². The first-order chi connectivity index (χ1) is 11.7. The van der Waals surface area contributed by atoms with Gasteiger partial charge in [-0.25, -0.2) is 4.79 Å². The Morgan fingerprint density at radius 1 is 1.08 bits per heavy atom. The standard InChI is InChI=1S/C19H20N2O3/c1-3-24-19(22)18-10-14-6-9-16(11-17(14)21-18)20-15-7-4-13(5-8-15)12-23-2/h4-11,20-21H,3,12H2,1-2H3. The van der Waals surface area contributed by atoms with Crippen LogP contribution in [0.4, 0.5) is 11.4 Å². The van der Waals surface area contributed by atoms with Crippen LogP contribution in [0.3, 0.4) is 0 Å². The van der Waals surface area contributed by atoms with Gasteiger partial charge in [0.1, 0.15) is 5.69 Å². The molecule has 3 aromatic rings. The topological polar surface area (TPSA) is 63.4 Å². The number of H-pyrrole nitrogens is 1. The molecule has 0 saturated heterocycles. The summed E-state index contributed by atoms with van der Waals surface area (Å²) in [5.74, 6) is -0.336. The van der Waals surface area contributed by atoms with E-state index in [0.29, 0.717) is 18.9 Å². The molecule has 0 radical (unpaired) electrons. The highest BCUT2D eigenvalue weighted by molar-refractivity contribution is 5.95. The summed E-state index contributed by atoms with van der Waals surface area (Å²) < 4.78 is 10.1. The van der Waals surface area contributed by atoms with Crippen molar-refractivity contribution in [1.29, 1.82) is 0 Å². The van der Waals surface area contributed by atoms with E-state index in [1.165, 1.54) is 0 Å². The molecule has 2 N–H and O–H groups in total. The maximum Gasteiger partial charge on any atom is 0.354 e. The number of anilines is 2. The predicted octanol–water partition coefficient (Wildman–Crippen LogP) is 4.23. The van der Waals surface area contributed by atoms with Crippen molar-refractivity contribution in [2.45, 2.75) is 13.5 Å². The molecule has 0 spiro atoms. The Bertz CT molecular complexity index is 837. The first-order valence-electron chi connectivity index (χ1n) is 7.84. The third kappa shape index (κ3) is 3.58. The summed E-state index contributed by atoms with van der Waals surface area (Å²) in [6, 6.07) is 15.8. The van der Waals surface area contributed by atoms with E-state index in [1.54, 1.807) is 20.1 Å². The van der Waals surface area contributed by atoms with Crippen LogP contribution in [0.25, 0.3) is 10.9 Å². The van der Waals surface area contributed by atoms with Crippen LogP contribution in [0.1, 0.15) is 23.0 Å². The second-order valence-corrected chi connectivity index (χ2v) is 5.46. The van der Waals surface area contributed by atoms with Crippen molar-refractivity contribution in [3.8, 4) is 0 Å². The summed E-state index contributed by atoms with van der Waals surface area (Å²) in [4.78, 5) is 14.9. The molecule has 1 heterocycles. The van der Waals surface area contributed by atoms with E-state index in [2.05, 4.69) is 10.3 Å². The number of carbonyl (C=O) groups excluding carboxylic acids is 1. The minimum absolute atomic E-state index is 0.336. The molecule has 124 valence electrons. The second-order valence-electron chi connectivity index (χ2n) is 5.46. The van der Waals surface area contributed by atoms with Crippen LogP contribution in [0.5, 0.6) is 0 Å². The largest absolute Gasteiger partial charge is 0.461 e. The van der Waals surface area contributed by atoms with Crippen LogP contribution in [0.15, 0.2) is 48.5 Å². The van der Waals surface area contributed by atoms with E-state index in [0.717, 1.165) is 27.8 Å². The van der Waals surface area contributed by atoms with Gasteiger partial charge in [0.2, 0.25) is 0 Å². The molecule has 0 fully saturated rings. The fourth-order valence-electron chi connectivity index (χ4n) is 2.54. The average Bonchev–Trinajstić information content (AvgIpc) is 3.01. The zero-order chi connectivity index (χ0) is 16.9. The van der Waals surface area contributed by atoms with Gasteiger partial charge in [-0.05, 0) is 42.8 Å². The van der Waals surface area contributed by atoms with Crippen LogP contribution in [-0.2, 0) is 16.1 Å².